The predicted molar refractivity (Wildman–Crippen MR) is 81.8 cm³/mol. The summed E-state index contributed by atoms with van der Waals surface area (Å²) in [5.41, 5.74) is 4.53. The van der Waals surface area contributed by atoms with Crippen LogP contribution in [0.3, 0.4) is 0 Å². The molecule has 0 saturated heterocycles. The molecule has 0 spiro atoms. The molecule has 0 aliphatic carbocycles. The molecule has 0 bridgehead atoms. The van der Waals surface area contributed by atoms with Crippen LogP contribution in [0.15, 0.2) is 22.8 Å². The van der Waals surface area contributed by atoms with Crippen LogP contribution in [-0.2, 0) is 18.3 Å². The Kier molecular flexibility index (Phi) is 4.28. The maximum Gasteiger partial charge on any atom is 0.303 e. The van der Waals surface area contributed by atoms with Crippen molar-refractivity contribution in [2.24, 2.45) is 7.05 Å². The second-order valence-corrected chi connectivity index (χ2v) is 5.67. The Morgan fingerprint density at radius 3 is 2.65 bits per heavy atom. The van der Waals surface area contributed by atoms with Gasteiger partial charge in [0.15, 0.2) is 0 Å². The summed E-state index contributed by atoms with van der Waals surface area (Å²) in [6.07, 6.45) is 0.513. The van der Waals surface area contributed by atoms with Gasteiger partial charge in [-0.05, 0) is 47.0 Å². The molecule has 106 valence electrons. The summed E-state index contributed by atoms with van der Waals surface area (Å²) in [6, 6.07) is 6.27. The van der Waals surface area contributed by atoms with Gasteiger partial charge in [-0.15, -0.1) is 0 Å². The second-order valence-electron chi connectivity index (χ2n) is 4.92. The molecule has 0 unspecified atom stereocenters. The van der Waals surface area contributed by atoms with Crippen LogP contribution in [0.4, 0.5) is 0 Å². The fraction of sp³-hybridized carbons (Fsp3) is 0.333. The minimum atomic E-state index is -0.808. The van der Waals surface area contributed by atoms with Crippen LogP contribution in [0.2, 0.25) is 0 Å². The Morgan fingerprint density at radius 1 is 1.35 bits per heavy atom. The molecule has 0 radical (unpaired) electrons. The molecule has 0 aliphatic heterocycles. The van der Waals surface area contributed by atoms with Gasteiger partial charge in [0.05, 0.1) is 12.1 Å². The Morgan fingerprint density at radius 2 is 2.05 bits per heavy atom. The first-order valence-electron chi connectivity index (χ1n) is 6.40. The Balaban J connectivity index is 2.41. The highest BCUT2D eigenvalue weighted by Crippen LogP contribution is 2.30. The number of hydrogen-bond donors (Lipinski definition) is 1. The first-order valence-corrected chi connectivity index (χ1v) is 7.20. The minimum absolute atomic E-state index is 0.0870. The van der Waals surface area contributed by atoms with E-state index >= 15 is 0 Å². The Hall–Kier alpha value is -1.62. The number of hydrogen-bond acceptors (Lipinski definition) is 2. The fourth-order valence-corrected chi connectivity index (χ4v) is 2.85. The largest absolute Gasteiger partial charge is 0.481 e. The lowest BCUT2D eigenvalue weighted by atomic mass is 10.0. The highest BCUT2D eigenvalue weighted by atomic mass is 79.9. The van der Waals surface area contributed by atoms with Gasteiger partial charge < -0.3 is 9.67 Å². The molecule has 0 atom stereocenters. The van der Waals surface area contributed by atoms with Gasteiger partial charge in [-0.25, -0.2) is 4.98 Å². The number of carboxylic acids is 1. The van der Waals surface area contributed by atoms with Crippen LogP contribution >= 0.6 is 15.9 Å². The number of nitrogens with zero attached hydrogens (tertiary/aromatic N) is 2. The highest BCUT2D eigenvalue weighted by molar-refractivity contribution is 9.10. The standard InChI is InChI=1S/C15H17BrN2O2/c1-9-4-5-11(8-10(9)2)14-15(16)17-12(18(14)3)6-7-13(19)20/h4-5,8H,6-7H2,1-3H3,(H,19,20). The van der Waals surface area contributed by atoms with E-state index in [9.17, 15) is 4.79 Å². The third-order valence-corrected chi connectivity index (χ3v) is 4.04. The van der Waals surface area contributed by atoms with E-state index in [0.29, 0.717) is 6.42 Å². The van der Waals surface area contributed by atoms with Gasteiger partial charge in [0.2, 0.25) is 0 Å². The molecule has 2 rings (SSSR count). The van der Waals surface area contributed by atoms with Gasteiger partial charge in [-0.1, -0.05) is 12.1 Å². The van der Waals surface area contributed by atoms with E-state index in [1.807, 2.05) is 11.6 Å². The number of benzene rings is 1. The van der Waals surface area contributed by atoms with E-state index in [1.54, 1.807) is 0 Å². The van der Waals surface area contributed by atoms with Gasteiger partial charge in [-0.3, -0.25) is 4.79 Å². The van der Waals surface area contributed by atoms with Crippen molar-refractivity contribution in [1.82, 2.24) is 9.55 Å². The number of aliphatic carboxylic acids is 1. The molecule has 5 heteroatoms. The van der Waals surface area contributed by atoms with E-state index < -0.39 is 5.97 Å². The van der Waals surface area contributed by atoms with Crippen molar-refractivity contribution in [3.63, 3.8) is 0 Å². The van der Waals surface area contributed by atoms with E-state index in [1.165, 1.54) is 11.1 Å². The summed E-state index contributed by atoms with van der Waals surface area (Å²) in [5, 5.41) is 8.78. The molecule has 0 amide bonds. The smallest absolute Gasteiger partial charge is 0.303 e. The lowest BCUT2D eigenvalue weighted by Crippen LogP contribution is -2.04. The highest BCUT2D eigenvalue weighted by Gasteiger charge is 2.15. The van der Waals surface area contributed by atoms with E-state index in [-0.39, 0.29) is 6.42 Å². The molecule has 2 aromatic rings. The molecule has 1 heterocycles. The maximum absolute atomic E-state index is 10.7. The lowest BCUT2D eigenvalue weighted by molar-refractivity contribution is -0.137. The third-order valence-electron chi connectivity index (χ3n) is 3.49. The van der Waals surface area contributed by atoms with Crippen LogP contribution in [0, 0.1) is 13.8 Å². The third kappa shape index (κ3) is 2.93. The van der Waals surface area contributed by atoms with E-state index in [0.717, 1.165) is 21.7 Å². The Bertz CT molecular complexity index is 662. The van der Waals surface area contributed by atoms with Crippen LogP contribution < -0.4 is 0 Å². The molecule has 20 heavy (non-hydrogen) atoms. The van der Waals surface area contributed by atoms with Crippen molar-refractivity contribution in [3.05, 3.63) is 39.8 Å². The molecule has 1 N–H and O–H groups in total. The Labute approximate surface area is 126 Å². The van der Waals surface area contributed by atoms with E-state index in [2.05, 4.69) is 53.0 Å². The average molecular weight is 337 g/mol. The molecule has 4 nitrogen and oxygen atoms in total. The van der Waals surface area contributed by atoms with Crippen LogP contribution in [-0.4, -0.2) is 20.6 Å². The van der Waals surface area contributed by atoms with Gasteiger partial charge in [-0.2, -0.15) is 0 Å². The van der Waals surface area contributed by atoms with Gasteiger partial charge in [0.25, 0.3) is 0 Å². The van der Waals surface area contributed by atoms with Crippen LogP contribution in [0.1, 0.15) is 23.4 Å². The van der Waals surface area contributed by atoms with Crippen molar-refractivity contribution in [2.45, 2.75) is 26.7 Å². The zero-order valence-corrected chi connectivity index (χ0v) is 13.4. The molecular formula is C15H17BrN2O2. The van der Waals surface area contributed by atoms with Crippen molar-refractivity contribution in [3.8, 4) is 11.3 Å². The molecule has 0 saturated carbocycles. The van der Waals surface area contributed by atoms with Crippen LogP contribution in [0.25, 0.3) is 11.3 Å². The normalized spacial score (nSPS) is 10.8. The fourth-order valence-electron chi connectivity index (χ4n) is 2.15. The van der Waals surface area contributed by atoms with Crippen molar-refractivity contribution in [2.75, 3.05) is 0 Å². The van der Waals surface area contributed by atoms with E-state index in [4.69, 9.17) is 5.11 Å². The zero-order chi connectivity index (χ0) is 14.9. The number of carboxylic acid groups (broad SMARTS) is 1. The second kappa shape index (κ2) is 5.79. The minimum Gasteiger partial charge on any atom is -0.481 e. The predicted octanol–water partition coefficient (Wildman–Crippen LogP) is 3.48. The molecule has 1 aromatic heterocycles. The summed E-state index contributed by atoms with van der Waals surface area (Å²) in [6.45, 7) is 4.16. The molecule has 1 aromatic carbocycles. The number of carbonyl (C=O) groups is 1. The monoisotopic (exact) mass is 336 g/mol. The topological polar surface area (TPSA) is 55.1 Å². The summed E-state index contributed by atoms with van der Waals surface area (Å²) >= 11 is 3.48. The quantitative estimate of drug-likeness (QED) is 0.929. The summed E-state index contributed by atoms with van der Waals surface area (Å²) in [7, 11) is 1.92. The molecule has 0 fully saturated rings. The van der Waals surface area contributed by atoms with Gasteiger partial charge in [0.1, 0.15) is 10.4 Å². The van der Waals surface area contributed by atoms with Crippen molar-refractivity contribution >= 4 is 21.9 Å². The first-order chi connectivity index (χ1) is 9.40. The zero-order valence-electron chi connectivity index (χ0n) is 11.8. The summed E-state index contributed by atoms with van der Waals surface area (Å²) in [5.74, 6) is -0.0376. The number of imidazole rings is 1. The maximum atomic E-state index is 10.7. The summed E-state index contributed by atoms with van der Waals surface area (Å²) in [4.78, 5) is 15.1. The number of aromatic nitrogens is 2. The van der Waals surface area contributed by atoms with Crippen LogP contribution in [0.5, 0.6) is 0 Å². The number of rotatable bonds is 4. The SMILES string of the molecule is Cc1ccc(-c2c(Br)nc(CCC(=O)O)n2C)cc1C. The number of aryl methyl sites for hydroxylation is 3. The van der Waals surface area contributed by atoms with Crippen molar-refractivity contribution in [1.29, 1.82) is 0 Å². The lowest BCUT2D eigenvalue weighted by Gasteiger charge is -2.08. The average Bonchev–Trinajstić information content (AvgIpc) is 2.65. The molecular weight excluding hydrogens is 320 g/mol. The van der Waals surface area contributed by atoms with Crippen molar-refractivity contribution < 1.29 is 9.90 Å². The summed E-state index contributed by atoms with van der Waals surface area (Å²) < 4.78 is 2.71. The van der Waals surface area contributed by atoms with Gasteiger partial charge >= 0.3 is 5.97 Å². The van der Waals surface area contributed by atoms with Gasteiger partial charge in [0, 0.05) is 19.0 Å². The number of halogens is 1. The first kappa shape index (κ1) is 14.8. The molecule has 0 aliphatic rings.